The summed E-state index contributed by atoms with van der Waals surface area (Å²) in [5.41, 5.74) is 7.14. The Hall–Kier alpha value is -2.14. The molecule has 0 aliphatic carbocycles. The van der Waals surface area contributed by atoms with E-state index in [0.29, 0.717) is 12.3 Å². The molecule has 9 nitrogen and oxygen atoms in total. The highest BCUT2D eigenvalue weighted by Gasteiger charge is 2.48. The summed E-state index contributed by atoms with van der Waals surface area (Å²) in [6.45, 7) is 8.21. The third-order valence-corrected chi connectivity index (χ3v) is 9.40. The van der Waals surface area contributed by atoms with Gasteiger partial charge in [-0.25, -0.2) is 15.0 Å². The van der Waals surface area contributed by atoms with Crippen molar-refractivity contribution in [3.63, 3.8) is 0 Å². The Morgan fingerprint density at radius 2 is 2.00 bits per heavy atom. The number of aliphatic hydroxyl groups excluding tert-OH is 1. The number of pyridine rings is 1. The van der Waals surface area contributed by atoms with Gasteiger partial charge in [0.25, 0.3) is 0 Å². The van der Waals surface area contributed by atoms with Gasteiger partial charge in [0, 0.05) is 37.3 Å². The first-order valence-electron chi connectivity index (χ1n) is 12.6. The van der Waals surface area contributed by atoms with Gasteiger partial charge >= 0.3 is 0 Å². The van der Waals surface area contributed by atoms with E-state index in [-0.39, 0.29) is 29.7 Å². The number of aliphatic hydroxyl groups is 1. The Morgan fingerprint density at radius 3 is 2.74 bits per heavy atom. The van der Waals surface area contributed by atoms with Crippen molar-refractivity contribution in [1.29, 1.82) is 0 Å². The van der Waals surface area contributed by atoms with Crippen LogP contribution in [0.25, 0.3) is 0 Å². The molecule has 3 fully saturated rings. The lowest BCUT2D eigenvalue weighted by Crippen LogP contribution is -2.51. The summed E-state index contributed by atoms with van der Waals surface area (Å²) in [7, 11) is 0. The Balaban J connectivity index is 1.20. The quantitative estimate of drug-likeness (QED) is 0.653. The molecule has 2 aromatic rings. The lowest BCUT2D eigenvalue weighted by atomic mass is 9.73. The first-order chi connectivity index (χ1) is 16.9. The zero-order valence-electron chi connectivity index (χ0n) is 20.4. The van der Waals surface area contributed by atoms with E-state index >= 15 is 0 Å². The highest BCUT2D eigenvalue weighted by atomic mass is 32.2. The van der Waals surface area contributed by atoms with Gasteiger partial charge in [-0.15, -0.1) is 0 Å². The summed E-state index contributed by atoms with van der Waals surface area (Å²) in [5, 5.41) is 10.9. The van der Waals surface area contributed by atoms with E-state index in [0.717, 1.165) is 79.2 Å². The summed E-state index contributed by atoms with van der Waals surface area (Å²) in [6, 6.07) is 2.03. The molecule has 10 heteroatoms. The molecule has 6 rings (SSSR count). The normalized spacial score (nSPS) is 29.3. The molecule has 6 heterocycles. The average Bonchev–Trinajstić information content (AvgIpc) is 3.40. The van der Waals surface area contributed by atoms with Crippen LogP contribution in [0.3, 0.4) is 0 Å². The van der Waals surface area contributed by atoms with E-state index < -0.39 is 0 Å². The minimum absolute atomic E-state index is 0.0222. The van der Waals surface area contributed by atoms with Gasteiger partial charge in [-0.2, -0.15) is 0 Å². The van der Waals surface area contributed by atoms with E-state index in [2.05, 4.69) is 28.6 Å². The molecule has 0 amide bonds. The van der Waals surface area contributed by atoms with Gasteiger partial charge in [-0.05, 0) is 45.6 Å². The third kappa shape index (κ3) is 3.85. The minimum Gasteiger partial charge on any atom is -0.486 e. The van der Waals surface area contributed by atoms with Crippen LogP contribution in [0.5, 0.6) is 5.75 Å². The fraction of sp³-hybridized carbons (Fsp3) is 0.640. The molecule has 35 heavy (non-hydrogen) atoms. The number of nitrogens with zero attached hydrogens (tertiary/aromatic N) is 5. The number of aromatic nitrogens is 3. The van der Waals surface area contributed by atoms with Crippen LogP contribution in [0, 0.1) is 5.41 Å². The monoisotopic (exact) mass is 498 g/mol. The number of nitrogens with two attached hydrogens (primary N) is 1. The molecule has 0 saturated carbocycles. The first-order valence-corrected chi connectivity index (χ1v) is 13.4. The van der Waals surface area contributed by atoms with Crippen molar-refractivity contribution in [1.82, 2.24) is 15.0 Å². The van der Waals surface area contributed by atoms with Crippen LogP contribution in [0.1, 0.15) is 45.2 Å². The fourth-order valence-electron chi connectivity index (χ4n) is 6.16. The number of fused-ring (bicyclic) bond motifs is 3. The van der Waals surface area contributed by atoms with E-state index in [4.69, 9.17) is 25.2 Å². The van der Waals surface area contributed by atoms with Crippen LogP contribution in [-0.4, -0.2) is 70.6 Å². The van der Waals surface area contributed by atoms with Crippen molar-refractivity contribution in [2.75, 3.05) is 42.6 Å². The van der Waals surface area contributed by atoms with Crippen LogP contribution < -0.4 is 20.3 Å². The largest absolute Gasteiger partial charge is 0.486 e. The van der Waals surface area contributed by atoms with Crippen LogP contribution in [-0.2, 0) is 11.3 Å². The molecular weight excluding hydrogens is 464 g/mol. The Kier molecular flexibility index (Phi) is 5.82. The molecule has 0 bridgehead atoms. The van der Waals surface area contributed by atoms with Crippen LogP contribution >= 0.6 is 11.8 Å². The zero-order valence-corrected chi connectivity index (χ0v) is 21.3. The Labute approximate surface area is 210 Å². The zero-order chi connectivity index (χ0) is 24.2. The van der Waals surface area contributed by atoms with Gasteiger partial charge in [-0.1, -0.05) is 11.8 Å². The van der Waals surface area contributed by atoms with Crippen LogP contribution in [0.4, 0.5) is 11.6 Å². The van der Waals surface area contributed by atoms with Crippen molar-refractivity contribution >= 4 is 23.4 Å². The maximum Gasteiger partial charge on any atom is 0.175 e. The minimum atomic E-state index is -0.158. The molecule has 3 saturated heterocycles. The number of hydrogen-bond donors (Lipinski definition) is 2. The van der Waals surface area contributed by atoms with Gasteiger partial charge in [0.1, 0.15) is 17.3 Å². The van der Waals surface area contributed by atoms with Gasteiger partial charge in [0.05, 0.1) is 35.9 Å². The molecule has 0 radical (unpaired) electrons. The number of hydrogen-bond acceptors (Lipinski definition) is 10. The summed E-state index contributed by atoms with van der Waals surface area (Å²) in [4.78, 5) is 19.7. The number of anilines is 2. The van der Waals surface area contributed by atoms with Crippen molar-refractivity contribution in [2.45, 2.75) is 73.7 Å². The molecule has 4 aliphatic heterocycles. The Bertz CT molecular complexity index is 1110. The number of piperidine rings is 1. The van der Waals surface area contributed by atoms with Crippen molar-refractivity contribution in [2.24, 2.45) is 11.1 Å². The number of rotatable bonds is 4. The lowest BCUT2D eigenvalue weighted by molar-refractivity contribution is 0.0973. The summed E-state index contributed by atoms with van der Waals surface area (Å²) >= 11 is 1.51. The second kappa shape index (κ2) is 8.76. The molecule has 0 aromatic carbocycles. The first kappa shape index (κ1) is 23.3. The van der Waals surface area contributed by atoms with Gasteiger partial charge in [0.15, 0.2) is 17.4 Å². The number of ether oxygens (including phenoxy) is 2. The summed E-state index contributed by atoms with van der Waals surface area (Å²) < 4.78 is 12.1. The maximum atomic E-state index is 10.1. The predicted molar refractivity (Wildman–Crippen MR) is 134 cm³/mol. The molecule has 3 N–H and O–H groups in total. The van der Waals surface area contributed by atoms with Gasteiger partial charge in [-0.3, -0.25) is 0 Å². The van der Waals surface area contributed by atoms with Gasteiger partial charge < -0.3 is 30.1 Å². The highest BCUT2D eigenvalue weighted by Crippen LogP contribution is 2.47. The molecule has 1 spiro atoms. The average molecular weight is 499 g/mol. The third-order valence-electron chi connectivity index (χ3n) is 8.45. The molecule has 4 aliphatic rings. The van der Waals surface area contributed by atoms with E-state index in [1.165, 1.54) is 11.8 Å². The molecule has 3 atom stereocenters. The smallest absolute Gasteiger partial charge is 0.175 e. The van der Waals surface area contributed by atoms with Crippen LogP contribution in [0.2, 0.25) is 0 Å². The topological polar surface area (TPSA) is 110 Å². The summed E-state index contributed by atoms with van der Waals surface area (Å²) in [6.07, 6.45) is 7.92. The standard InChI is InChI=1S/C25H34N6O3S/c1-16-21(26)25(15-33-16)6-10-30(11-7-25)22-17(13-32)29-19(12-28-22)35-18-4-8-27-23-20(18)34-14-24(2)5-3-9-31(23)24/h4,8,12,16,21,32H,3,5-7,9-11,13-15,26H2,1-2H3/t16-,21+,24-/m0/s1. The van der Waals surface area contributed by atoms with Crippen LogP contribution in [0.15, 0.2) is 28.4 Å². The molecule has 0 unspecified atom stereocenters. The SMILES string of the molecule is C[C@@H]1OCC2(CCN(c3ncc(Sc4ccnc5c4OC[C@]4(C)CCCN54)nc3CO)CC2)[C@@H]1N. The van der Waals surface area contributed by atoms with Crippen molar-refractivity contribution < 1.29 is 14.6 Å². The predicted octanol–water partition coefficient (Wildman–Crippen LogP) is 2.60. The van der Waals surface area contributed by atoms with Gasteiger partial charge in [0.2, 0.25) is 0 Å². The van der Waals surface area contributed by atoms with Crippen molar-refractivity contribution in [3.05, 3.63) is 24.2 Å². The second-order valence-electron chi connectivity index (χ2n) is 10.6. The second-order valence-corrected chi connectivity index (χ2v) is 11.7. The maximum absolute atomic E-state index is 10.1. The lowest BCUT2D eigenvalue weighted by Gasteiger charge is -2.42. The summed E-state index contributed by atoms with van der Waals surface area (Å²) in [5.74, 6) is 2.49. The van der Waals surface area contributed by atoms with Crippen molar-refractivity contribution in [3.8, 4) is 5.75 Å². The van der Waals surface area contributed by atoms with E-state index in [1.807, 2.05) is 12.3 Å². The van der Waals surface area contributed by atoms with E-state index in [9.17, 15) is 5.11 Å². The molecule has 2 aromatic heterocycles. The fourth-order valence-corrected chi connectivity index (χ4v) is 7.02. The Morgan fingerprint density at radius 1 is 1.17 bits per heavy atom. The molecule has 188 valence electrons. The highest BCUT2D eigenvalue weighted by molar-refractivity contribution is 7.99. The molecular formula is C25H34N6O3S. The van der Waals surface area contributed by atoms with E-state index in [1.54, 1.807) is 6.20 Å².